The predicted octanol–water partition coefficient (Wildman–Crippen LogP) is 3.34. The van der Waals surface area contributed by atoms with Crippen molar-refractivity contribution >= 4 is 5.69 Å². The Bertz CT molecular complexity index is 697. The SMILES string of the molecule is COc1ccc(C(C)N2Cc3ccc(N(C)C)cc3C2CN)cc1. The molecule has 128 valence electrons. The number of benzene rings is 2. The second-order valence-corrected chi connectivity index (χ2v) is 6.65. The Morgan fingerprint density at radius 3 is 2.50 bits per heavy atom. The van der Waals surface area contributed by atoms with E-state index in [1.807, 2.05) is 12.1 Å². The van der Waals surface area contributed by atoms with E-state index in [0.29, 0.717) is 12.6 Å². The molecule has 1 heterocycles. The largest absolute Gasteiger partial charge is 0.497 e. The molecule has 2 unspecified atom stereocenters. The molecule has 0 bridgehead atoms. The third kappa shape index (κ3) is 2.99. The van der Waals surface area contributed by atoms with Crippen LogP contribution in [0.15, 0.2) is 42.5 Å². The van der Waals surface area contributed by atoms with Crippen LogP contribution in [0.5, 0.6) is 5.75 Å². The molecule has 3 rings (SSSR count). The molecule has 0 saturated carbocycles. The van der Waals surface area contributed by atoms with E-state index in [2.05, 4.69) is 61.2 Å². The maximum absolute atomic E-state index is 6.15. The first-order chi connectivity index (χ1) is 11.5. The van der Waals surface area contributed by atoms with Crippen LogP contribution in [-0.2, 0) is 6.54 Å². The molecule has 0 fully saturated rings. The number of hydrogen-bond donors (Lipinski definition) is 1. The lowest BCUT2D eigenvalue weighted by atomic mass is 10.0. The van der Waals surface area contributed by atoms with E-state index in [9.17, 15) is 0 Å². The van der Waals surface area contributed by atoms with Gasteiger partial charge in [-0.3, -0.25) is 4.90 Å². The van der Waals surface area contributed by atoms with Crippen molar-refractivity contribution in [1.29, 1.82) is 0 Å². The smallest absolute Gasteiger partial charge is 0.118 e. The maximum Gasteiger partial charge on any atom is 0.118 e. The van der Waals surface area contributed by atoms with Crippen LogP contribution < -0.4 is 15.4 Å². The number of nitrogens with zero attached hydrogens (tertiary/aromatic N) is 2. The summed E-state index contributed by atoms with van der Waals surface area (Å²) in [5, 5.41) is 0. The first-order valence-corrected chi connectivity index (χ1v) is 8.45. The van der Waals surface area contributed by atoms with Crippen LogP contribution in [0.2, 0.25) is 0 Å². The molecule has 0 spiro atoms. The molecule has 0 amide bonds. The van der Waals surface area contributed by atoms with Gasteiger partial charge in [-0.25, -0.2) is 0 Å². The number of nitrogens with two attached hydrogens (primary N) is 1. The average Bonchev–Trinajstić information content (AvgIpc) is 2.98. The zero-order chi connectivity index (χ0) is 17.3. The Kier molecular flexibility index (Phi) is 4.78. The summed E-state index contributed by atoms with van der Waals surface area (Å²) >= 11 is 0. The van der Waals surface area contributed by atoms with Crippen molar-refractivity contribution in [2.24, 2.45) is 5.73 Å². The molecular weight excluding hydrogens is 298 g/mol. The normalized spacial score (nSPS) is 18.3. The minimum Gasteiger partial charge on any atom is -0.497 e. The molecule has 1 aliphatic rings. The number of anilines is 1. The third-order valence-corrected chi connectivity index (χ3v) is 5.08. The quantitative estimate of drug-likeness (QED) is 0.915. The predicted molar refractivity (Wildman–Crippen MR) is 99.5 cm³/mol. The second-order valence-electron chi connectivity index (χ2n) is 6.65. The molecular formula is C20H27N3O. The average molecular weight is 325 g/mol. The molecule has 0 radical (unpaired) electrons. The topological polar surface area (TPSA) is 41.7 Å². The standard InChI is InChI=1S/C20H27N3O/c1-14(15-6-9-18(24-4)10-7-15)23-13-16-5-8-17(22(2)3)11-19(16)20(23)12-21/h5-11,14,20H,12-13,21H2,1-4H3. The fourth-order valence-corrected chi connectivity index (χ4v) is 3.54. The lowest BCUT2D eigenvalue weighted by Crippen LogP contribution is -2.30. The highest BCUT2D eigenvalue weighted by molar-refractivity contribution is 5.52. The lowest BCUT2D eigenvalue weighted by molar-refractivity contribution is 0.161. The van der Waals surface area contributed by atoms with E-state index < -0.39 is 0 Å². The Hall–Kier alpha value is -2.04. The number of hydrogen-bond acceptors (Lipinski definition) is 4. The monoisotopic (exact) mass is 325 g/mol. The zero-order valence-corrected chi connectivity index (χ0v) is 15.0. The molecule has 1 aliphatic heterocycles. The highest BCUT2D eigenvalue weighted by atomic mass is 16.5. The van der Waals surface area contributed by atoms with Gasteiger partial charge < -0.3 is 15.4 Å². The molecule has 4 nitrogen and oxygen atoms in total. The lowest BCUT2D eigenvalue weighted by Gasteiger charge is -2.31. The van der Waals surface area contributed by atoms with E-state index in [1.54, 1.807) is 7.11 Å². The van der Waals surface area contributed by atoms with Gasteiger partial charge in [0.05, 0.1) is 7.11 Å². The molecule has 0 saturated heterocycles. The number of ether oxygens (including phenoxy) is 1. The third-order valence-electron chi connectivity index (χ3n) is 5.08. The molecule has 24 heavy (non-hydrogen) atoms. The number of fused-ring (bicyclic) bond motifs is 1. The fraction of sp³-hybridized carbons (Fsp3) is 0.400. The van der Waals surface area contributed by atoms with Gasteiger partial charge in [-0.05, 0) is 47.9 Å². The van der Waals surface area contributed by atoms with Crippen molar-refractivity contribution < 1.29 is 4.74 Å². The summed E-state index contributed by atoms with van der Waals surface area (Å²) in [5.41, 5.74) is 11.4. The first kappa shape index (κ1) is 16.8. The van der Waals surface area contributed by atoms with Crippen LogP contribution in [-0.4, -0.2) is 32.6 Å². The molecule has 4 heteroatoms. The Balaban J connectivity index is 1.88. The van der Waals surface area contributed by atoms with Crippen molar-refractivity contribution in [2.45, 2.75) is 25.6 Å². The van der Waals surface area contributed by atoms with Crippen LogP contribution >= 0.6 is 0 Å². The summed E-state index contributed by atoms with van der Waals surface area (Å²) in [7, 11) is 5.85. The minimum atomic E-state index is 0.261. The number of methoxy groups -OCH3 is 1. The summed E-state index contributed by atoms with van der Waals surface area (Å²) < 4.78 is 5.26. The van der Waals surface area contributed by atoms with E-state index in [4.69, 9.17) is 10.5 Å². The van der Waals surface area contributed by atoms with Crippen LogP contribution in [0, 0.1) is 0 Å². The molecule has 0 aliphatic carbocycles. The van der Waals surface area contributed by atoms with Crippen LogP contribution in [0.1, 0.15) is 35.7 Å². The highest BCUT2D eigenvalue weighted by Gasteiger charge is 2.33. The van der Waals surface area contributed by atoms with Crippen LogP contribution in [0.25, 0.3) is 0 Å². The van der Waals surface area contributed by atoms with Crippen molar-refractivity contribution in [1.82, 2.24) is 4.90 Å². The molecule has 0 aromatic heterocycles. The van der Waals surface area contributed by atoms with Crippen LogP contribution in [0.4, 0.5) is 5.69 Å². The highest BCUT2D eigenvalue weighted by Crippen LogP contribution is 2.40. The second kappa shape index (κ2) is 6.83. The van der Waals surface area contributed by atoms with Gasteiger partial charge in [0.2, 0.25) is 0 Å². The Labute approximate surface area is 144 Å². The van der Waals surface area contributed by atoms with Gasteiger partial charge in [0.1, 0.15) is 5.75 Å². The van der Waals surface area contributed by atoms with E-state index >= 15 is 0 Å². The minimum absolute atomic E-state index is 0.261. The number of rotatable bonds is 5. The van der Waals surface area contributed by atoms with E-state index in [1.165, 1.54) is 22.4 Å². The van der Waals surface area contributed by atoms with E-state index in [-0.39, 0.29) is 6.04 Å². The van der Waals surface area contributed by atoms with Crippen LogP contribution in [0.3, 0.4) is 0 Å². The van der Waals surface area contributed by atoms with Crippen molar-refractivity contribution in [3.63, 3.8) is 0 Å². The molecule has 2 N–H and O–H groups in total. The maximum atomic E-state index is 6.15. The van der Waals surface area contributed by atoms with Crippen molar-refractivity contribution in [2.75, 3.05) is 32.6 Å². The van der Waals surface area contributed by atoms with Gasteiger partial charge in [-0.15, -0.1) is 0 Å². The molecule has 2 atom stereocenters. The summed E-state index contributed by atoms with van der Waals surface area (Å²) in [6.45, 7) is 3.83. The van der Waals surface area contributed by atoms with E-state index in [0.717, 1.165) is 12.3 Å². The first-order valence-electron chi connectivity index (χ1n) is 8.45. The van der Waals surface area contributed by atoms with Gasteiger partial charge in [0, 0.05) is 45.0 Å². The molecule has 2 aromatic carbocycles. The Morgan fingerprint density at radius 1 is 1.21 bits per heavy atom. The summed E-state index contributed by atoms with van der Waals surface area (Å²) in [6.07, 6.45) is 0. The van der Waals surface area contributed by atoms with Crippen molar-refractivity contribution in [3.05, 3.63) is 59.2 Å². The summed E-state index contributed by atoms with van der Waals surface area (Å²) in [4.78, 5) is 4.63. The van der Waals surface area contributed by atoms with Gasteiger partial charge in [0.15, 0.2) is 0 Å². The van der Waals surface area contributed by atoms with Gasteiger partial charge in [-0.2, -0.15) is 0 Å². The summed E-state index contributed by atoms with van der Waals surface area (Å²) in [5.74, 6) is 0.890. The van der Waals surface area contributed by atoms with Gasteiger partial charge in [-0.1, -0.05) is 18.2 Å². The zero-order valence-electron chi connectivity index (χ0n) is 15.0. The van der Waals surface area contributed by atoms with Gasteiger partial charge in [0.25, 0.3) is 0 Å². The van der Waals surface area contributed by atoms with Crippen molar-refractivity contribution in [3.8, 4) is 5.75 Å². The fourth-order valence-electron chi connectivity index (χ4n) is 3.54. The summed E-state index contributed by atoms with van der Waals surface area (Å²) in [6, 6.07) is 15.6. The van der Waals surface area contributed by atoms with Gasteiger partial charge >= 0.3 is 0 Å². The molecule has 2 aromatic rings. The Morgan fingerprint density at radius 2 is 1.92 bits per heavy atom.